The summed E-state index contributed by atoms with van der Waals surface area (Å²) >= 11 is 0. The lowest BCUT2D eigenvalue weighted by molar-refractivity contribution is 0.0762. The van der Waals surface area contributed by atoms with E-state index < -0.39 is 0 Å². The van der Waals surface area contributed by atoms with Crippen molar-refractivity contribution in [2.45, 2.75) is 6.54 Å². The average Bonchev–Trinajstić information content (AvgIpc) is 3.22. The molecule has 0 bridgehead atoms. The van der Waals surface area contributed by atoms with Gasteiger partial charge in [-0.2, -0.15) is 5.26 Å². The molecule has 0 N–H and O–H groups in total. The molecular formula is C20H17N5O. The highest BCUT2D eigenvalue weighted by Crippen LogP contribution is 2.14. The van der Waals surface area contributed by atoms with Crippen molar-refractivity contribution < 1.29 is 4.79 Å². The largest absolute Gasteiger partial charge is 0.331 e. The van der Waals surface area contributed by atoms with E-state index in [2.05, 4.69) is 23.0 Å². The minimum Gasteiger partial charge on any atom is -0.331 e. The van der Waals surface area contributed by atoms with Gasteiger partial charge in [0.05, 0.1) is 29.7 Å². The van der Waals surface area contributed by atoms with E-state index in [4.69, 9.17) is 5.26 Å². The lowest BCUT2D eigenvalue weighted by Crippen LogP contribution is -2.30. The van der Waals surface area contributed by atoms with E-state index in [1.54, 1.807) is 52.3 Å². The monoisotopic (exact) mass is 343 g/mol. The number of carbonyl (C=O) groups excluding carboxylic acids is 1. The van der Waals surface area contributed by atoms with E-state index in [0.29, 0.717) is 24.2 Å². The summed E-state index contributed by atoms with van der Waals surface area (Å²) in [6, 6.07) is 16.5. The molecule has 1 heterocycles. The highest BCUT2D eigenvalue weighted by atomic mass is 16.2. The van der Waals surface area contributed by atoms with Gasteiger partial charge in [-0.25, -0.2) is 4.68 Å². The van der Waals surface area contributed by atoms with Gasteiger partial charge in [-0.05, 0) is 42.0 Å². The van der Waals surface area contributed by atoms with Crippen LogP contribution in [0.1, 0.15) is 21.5 Å². The maximum atomic E-state index is 12.9. The summed E-state index contributed by atoms with van der Waals surface area (Å²) in [5.41, 5.74) is 2.88. The minimum atomic E-state index is -0.0996. The molecule has 2 aromatic carbocycles. The standard InChI is InChI=1S/C20H17N5O/c1-2-11-24(15-17-5-3-4-16(13-17)14-21)20(26)18-6-8-19(9-7-18)25-12-10-22-23-25/h2-10,12-13H,1,11,15H2. The summed E-state index contributed by atoms with van der Waals surface area (Å²) in [6.45, 7) is 4.56. The Balaban J connectivity index is 1.79. The first-order valence-electron chi connectivity index (χ1n) is 8.07. The number of aromatic nitrogens is 3. The van der Waals surface area contributed by atoms with Crippen LogP contribution in [0.4, 0.5) is 0 Å². The molecule has 3 aromatic rings. The third-order valence-electron chi connectivity index (χ3n) is 3.87. The number of hydrogen-bond donors (Lipinski definition) is 0. The van der Waals surface area contributed by atoms with Crippen molar-refractivity contribution in [3.63, 3.8) is 0 Å². The second-order valence-electron chi connectivity index (χ2n) is 5.68. The van der Waals surface area contributed by atoms with E-state index in [1.807, 2.05) is 24.3 Å². The van der Waals surface area contributed by atoms with E-state index in [0.717, 1.165) is 11.3 Å². The van der Waals surface area contributed by atoms with Crippen LogP contribution in [0.2, 0.25) is 0 Å². The second kappa shape index (κ2) is 7.90. The van der Waals surface area contributed by atoms with Crippen LogP contribution in [0.15, 0.2) is 73.6 Å². The van der Waals surface area contributed by atoms with Gasteiger partial charge in [-0.15, -0.1) is 11.7 Å². The Hall–Kier alpha value is -3.72. The summed E-state index contributed by atoms with van der Waals surface area (Å²) in [5, 5.41) is 16.7. The van der Waals surface area contributed by atoms with E-state index in [9.17, 15) is 4.79 Å². The first-order valence-corrected chi connectivity index (χ1v) is 8.07. The molecule has 0 aliphatic rings. The average molecular weight is 343 g/mol. The van der Waals surface area contributed by atoms with Crippen LogP contribution in [0.3, 0.4) is 0 Å². The molecule has 26 heavy (non-hydrogen) atoms. The van der Waals surface area contributed by atoms with E-state index in [-0.39, 0.29) is 5.91 Å². The molecular weight excluding hydrogens is 326 g/mol. The number of benzene rings is 2. The molecule has 0 saturated carbocycles. The Bertz CT molecular complexity index is 939. The Morgan fingerprint density at radius 2 is 2.08 bits per heavy atom. The van der Waals surface area contributed by atoms with Gasteiger partial charge in [0, 0.05) is 18.7 Å². The highest BCUT2D eigenvalue weighted by Gasteiger charge is 2.15. The van der Waals surface area contributed by atoms with Crippen LogP contribution in [0.25, 0.3) is 5.69 Å². The van der Waals surface area contributed by atoms with Crippen LogP contribution in [0.5, 0.6) is 0 Å². The Morgan fingerprint density at radius 3 is 2.73 bits per heavy atom. The molecule has 0 aliphatic carbocycles. The van der Waals surface area contributed by atoms with Crippen molar-refractivity contribution in [1.29, 1.82) is 5.26 Å². The van der Waals surface area contributed by atoms with Crippen molar-refractivity contribution in [3.8, 4) is 11.8 Å². The Morgan fingerprint density at radius 1 is 1.27 bits per heavy atom. The number of carbonyl (C=O) groups is 1. The van der Waals surface area contributed by atoms with Crippen LogP contribution >= 0.6 is 0 Å². The molecule has 1 amide bonds. The molecule has 0 unspecified atom stereocenters. The topological polar surface area (TPSA) is 74.8 Å². The third kappa shape index (κ3) is 3.84. The third-order valence-corrected chi connectivity index (χ3v) is 3.87. The maximum Gasteiger partial charge on any atom is 0.254 e. The van der Waals surface area contributed by atoms with Crippen molar-refractivity contribution >= 4 is 5.91 Å². The molecule has 128 valence electrons. The van der Waals surface area contributed by atoms with Gasteiger partial charge in [0.25, 0.3) is 5.91 Å². The van der Waals surface area contributed by atoms with Crippen LogP contribution in [-0.4, -0.2) is 32.3 Å². The van der Waals surface area contributed by atoms with Gasteiger partial charge >= 0.3 is 0 Å². The minimum absolute atomic E-state index is 0.0996. The normalized spacial score (nSPS) is 10.1. The van der Waals surface area contributed by atoms with Crippen molar-refractivity contribution in [1.82, 2.24) is 19.9 Å². The number of hydrogen-bond acceptors (Lipinski definition) is 4. The zero-order valence-electron chi connectivity index (χ0n) is 14.1. The van der Waals surface area contributed by atoms with Gasteiger partial charge in [0.2, 0.25) is 0 Å². The molecule has 0 aliphatic heterocycles. The van der Waals surface area contributed by atoms with Crippen molar-refractivity contribution in [2.75, 3.05) is 6.54 Å². The van der Waals surface area contributed by atoms with Crippen molar-refractivity contribution in [3.05, 3.63) is 90.3 Å². The summed E-state index contributed by atoms with van der Waals surface area (Å²) in [7, 11) is 0. The smallest absolute Gasteiger partial charge is 0.254 e. The molecule has 0 spiro atoms. The van der Waals surface area contributed by atoms with Gasteiger partial charge in [0.15, 0.2) is 0 Å². The summed E-state index contributed by atoms with van der Waals surface area (Å²) < 4.78 is 1.63. The first-order chi connectivity index (χ1) is 12.7. The quantitative estimate of drug-likeness (QED) is 0.645. The molecule has 0 radical (unpaired) electrons. The van der Waals surface area contributed by atoms with Gasteiger partial charge in [0.1, 0.15) is 0 Å². The lowest BCUT2D eigenvalue weighted by atomic mass is 10.1. The molecule has 3 rings (SSSR count). The molecule has 1 aromatic heterocycles. The highest BCUT2D eigenvalue weighted by molar-refractivity contribution is 5.94. The van der Waals surface area contributed by atoms with Gasteiger partial charge in [-0.1, -0.05) is 23.4 Å². The molecule has 0 fully saturated rings. The maximum absolute atomic E-state index is 12.9. The first kappa shape index (κ1) is 17.1. The number of nitriles is 1. The SMILES string of the molecule is C=CCN(Cc1cccc(C#N)c1)C(=O)c1ccc(-n2ccnn2)cc1. The second-order valence-corrected chi connectivity index (χ2v) is 5.68. The number of amides is 1. The fourth-order valence-corrected chi connectivity index (χ4v) is 2.62. The number of nitrogens with zero attached hydrogens (tertiary/aromatic N) is 5. The summed E-state index contributed by atoms with van der Waals surface area (Å²) in [5.74, 6) is -0.0996. The van der Waals surface area contributed by atoms with Crippen LogP contribution in [-0.2, 0) is 6.54 Å². The predicted molar refractivity (Wildman–Crippen MR) is 97.5 cm³/mol. The molecule has 0 saturated heterocycles. The zero-order valence-corrected chi connectivity index (χ0v) is 14.1. The lowest BCUT2D eigenvalue weighted by Gasteiger charge is -2.21. The van der Waals surface area contributed by atoms with Gasteiger partial charge in [-0.3, -0.25) is 4.79 Å². The fourth-order valence-electron chi connectivity index (χ4n) is 2.62. The molecule has 0 atom stereocenters. The van der Waals surface area contributed by atoms with Crippen LogP contribution in [0, 0.1) is 11.3 Å². The predicted octanol–water partition coefficient (Wildman–Crippen LogP) is 2.97. The molecule has 6 nitrogen and oxygen atoms in total. The summed E-state index contributed by atoms with van der Waals surface area (Å²) in [4.78, 5) is 14.6. The van der Waals surface area contributed by atoms with E-state index in [1.165, 1.54) is 0 Å². The molecule has 6 heteroatoms. The van der Waals surface area contributed by atoms with Gasteiger partial charge < -0.3 is 4.90 Å². The summed E-state index contributed by atoms with van der Waals surface area (Å²) in [6.07, 6.45) is 5.03. The van der Waals surface area contributed by atoms with Crippen LogP contribution < -0.4 is 0 Å². The fraction of sp³-hybridized carbons (Fsp3) is 0.100. The number of rotatable bonds is 6. The zero-order chi connectivity index (χ0) is 18.4. The Labute approximate surface area is 151 Å². The van der Waals surface area contributed by atoms with E-state index >= 15 is 0 Å². The van der Waals surface area contributed by atoms with Crippen molar-refractivity contribution in [2.24, 2.45) is 0 Å². The Kier molecular flexibility index (Phi) is 5.20.